The second kappa shape index (κ2) is 91.6. The van der Waals surface area contributed by atoms with Crippen molar-refractivity contribution in [1.29, 1.82) is 0 Å². The summed E-state index contributed by atoms with van der Waals surface area (Å²) in [5.41, 5.74) is -0.192. The first-order valence-corrected chi connectivity index (χ1v) is 66.4. The Bertz CT molecular complexity index is 1400. The Morgan fingerprint density at radius 1 is 0.229 bits per heavy atom. The number of hydrogen-bond donors (Lipinski definition) is 0. The van der Waals surface area contributed by atoms with Gasteiger partial charge in [0.1, 0.15) is 0 Å². The van der Waals surface area contributed by atoms with E-state index in [0.717, 1.165) is 0 Å². The van der Waals surface area contributed by atoms with Crippen molar-refractivity contribution in [3.05, 3.63) is 23.3 Å². The molecule has 0 fully saturated rings. The Balaban J connectivity index is -0.000000360. The van der Waals surface area contributed by atoms with Gasteiger partial charge < -0.3 is 39.6 Å². The maximum atomic E-state index is 10.4. The second-order valence-corrected chi connectivity index (χ2v) is 62.7. The Morgan fingerprint density at radius 3 is 0.500 bits per heavy atom. The smallest absolute Gasteiger partial charge is 0.0678 e. The van der Waals surface area contributed by atoms with E-state index in [1.54, 1.807) is 91.8 Å². The summed E-state index contributed by atoms with van der Waals surface area (Å²) in [7, 11) is 0. The molecule has 566 valence electrons. The molecule has 1 rings (SSSR count). The molecule has 0 bridgehead atoms. The van der Waals surface area contributed by atoms with E-state index >= 15 is 0 Å². The number of aliphatic carboxylic acids is 4. The summed E-state index contributed by atoms with van der Waals surface area (Å²) < 4.78 is 20.4. The normalized spacial score (nSPS) is 11.6. The van der Waals surface area contributed by atoms with Crippen LogP contribution in [0.3, 0.4) is 0 Å². The van der Waals surface area contributed by atoms with Gasteiger partial charge in [-0.15, -0.1) is 0 Å². The van der Waals surface area contributed by atoms with Crippen molar-refractivity contribution >= 4 is 103 Å². The monoisotopic (exact) mass is 1780 g/mol. The third-order valence-electron chi connectivity index (χ3n) is 18.9. The molecule has 0 saturated carbocycles. The molecular weight excluding hydrogens is 1610 g/mol. The molecule has 0 spiro atoms. The number of carboxylic acids is 4. The minimum atomic E-state index is -1.55. The SMILES string of the molecule is CCCCCCC[CH2][Sn+]([CH2]CCCCCCC)[CH2]CCCCCCC.CCCCCCC[CH2][Sn+]([CH2]CCCCCCC)[CH2]CCCCCCC.CCC[CH2][Sn+]([CH2]CCC)[CH2]CCC.CCC[CH2][Sn+]([CH2]CCC)[CH2]CCC.O=C([O-])/C=C\C(=O)[O-].O=C([O-])C1=C(C(=O)[O-])CCCC1. The van der Waals surface area contributed by atoms with Crippen LogP contribution in [0.25, 0.3) is 0 Å². The van der Waals surface area contributed by atoms with Gasteiger partial charge in [0.25, 0.3) is 0 Å². The van der Waals surface area contributed by atoms with Crippen LogP contribution in [-0.2, 0) is 19.2 Å². The Labute approximate surface area is 629 Å². The Morgan fingerprint density at radius 2 is 0.365 bits per heavy atom. The molecule has 96 heavy (non-hydrogen) atoms. The van der Waals surface area contributed by atoms with Crippen LogP contribution in [0, 0.1) is 0 Å². The third-order valence-corrected chi connectivity index (χ3v) is 55.2. The van der Waals surface area contributed by atoms with E-state index in [2.05, 4.69) is 83.1 Å². The van der Waals surface area contributed by atoms with Crippen molar-refractivity contribution < 1.29 is 39.6 Å². The molecule has 1 aliphatic rings. The molecule has 0 saturated heterocycles. The molecule has 0 aromatic heterocycles. The number of carboxylic acid groups (broad SMARTS) is 4. The summed E-state index contributed by atoms with van der Waals surface area (Å²) in [6.07, 6.45) is 74.3. The standard InChI is InChI=1S/C8H10O4.6C8H17.C4H4O4.6C4H9.4Sn/c9-7(10)5-3-1-2-4-6(5)8(11)12;6*1-3-5-7-8-6-4-2;5-3(6)1-2-4(7)8;6*1-3-4-2;;;;/h1-4H2,(H,9,10)(H,11,12);6*1,3-8H2,2H3;1-2H,(H,5,6)(H,7,8);6*1,3-4H2,2H3;;;;/q;;;;;;;;;;;;;;4*+1/p-4/b;;;;;;;2-1-;;;;;;;;;;. The maximum Gasteiger partial charge on any atom is 0.0678 e. The van der Waals surface area contributed by atoms with Crippen molar-refractivity contribution in [2.45, 2.75) is 470 Å². The summed E-state index contributed by atoms with van der Waals surface area (Å²) in [6, 6.07) is 0. The van der Waals surface area contributed by atoms with E-state index in [1.165, 1.54) is 270 Å². The second-order valence-electron chi connectivity index (χ2n) is 28.4. The number of carbonyl (C=O) groups is 4. The van der Waals surface area contributed by atoms with Gasteiger partial charge in [0.2, 0.25) is 0 Å². The molecule has 0 unspecified atom stereocenters. The van der Waals surface area contributed by atoms with Crippen LogP contribution in [0.15, 0.2) is 23.3 Å². The Kier molecular flexibility index (Phi) is 100. The zero-order valence-corrected chi connectivity index (χ0v) is 78.1. The van der Waals surface area contributed by atoms with Crippen molar-refractivity contribution in [2.75, 3.05) is 0 Å². The molecule has 0 aliphatic heterocycles. The Hall–Kier alpha value is 0.555. The van der Waals surface area contributed by atoms with Crippen LogP contribution in [0.4, 0.5) is 0 Å². The molecule has 8 nitrogen and oxygen atoms in total. The number of unbranched alkanes of at least 4 members (excludes halogenated alkanes) is 36. The average Bonchev–Trinajstić information content (AvgIpc) is 1.10. The van der Waals surface area contributed by atoms with Gasteiger partial charge in [0.15, 0.2) is 0 Å². The first-order chi connectivity index (χ1) is 46.6. The number of hydrogen-bond acceptors (Lipinski definition) is 8. The van der Waals surface area contributed by atoms with Gasteiger partial charge in [-0.05, 0) is 49.0 Å². The van der Waals surface area contributed by atoms with Gasteiger partial charge in [0.05, 0.1) is 23.9 Å². The average molecular weight is 1780 g/mol. The van der Waals surface area contributed by atoms with Gasteiger partial charge in [-0.1, -0.05) is 0 Å². The molecular formula is C84H166O8Sn4. The molecule has 0 amide bonds. The van der Waals surface area contributed by atoms with Gasteiger partial charge in [-0.3, -0.25) is 0 Å². The first kappa shape index (κ1) is 105. The predicted octanol–water partition coefficient (Wildman–Crippen LogP) is 24.3. The van der Waals surface area contributed by atoms with Gasteiger partial charge in [-0.2, -0.15) is 0 Å². The van der Waals surface area contributed by atoms with Gasteiger partial charge in [0, 0.05) is 0 Å². The first-order valence-electron chi connectivity index (χ1n) is 42.2. The van der Waals surface area contributed by atoms with Crippen LogP contribution in [0.2, 0.25) is 53.2 Å². The minimum Gasteiger partial charge on any atom is -0.545 e. The van der Waals surface area contributed by atoms with Crippen LogP contribution in [0.1, 0.15) is 417 Å². The topological polar surface area (TPSA) is 161 Å². The van der Waals surface area contributed by atoms with Crippen molar-refractivity contribution in [3.63, 3.8) is 0 Å². The molecule has 0 atom stereocenters. The number of rotatable bonds is 64. The zero-order valence-electron chi connectivity index (χ0n) is 66.7. The molecule has 1 aliphatic carbocycles. The maximum absolute atomic E-state index is 10.4. The molecule has 0 N–H and O–H groups in total. The fraction of sp³-hybridized carbons (Fsp3) is 0.905. The quantitative estimate of drug-likeness (QED) is 0.0330. The number of carbonyl (C=O) groups excluding carboxylic acids is 4. The van der Waals surface area contributed by atoms with Crippen LogP contribution in [0.5, 0.6) is 0 Å². The summed E-state index contributed by atoms with van der Waals surface area (Å²) in [4.78, 5) is 39.6. The van der Waals surface area contributed by atoms with Crippen molar-refractivity contribution in [1.82, 2.24) is 0 Å². The van der Waals surface area contributed by atoms with Crippen molar-refractivity contribution in [3.8, 4) is 0 Å². The zero-order chi connectivity index (χ0) is 72.4. The molecule has 12 heteroatoms. The molecule has 0 heterocycles. The van der Waals surface area contributed by atoms with Gasteiger partial charge in [-0.25, -0.2) is 0 Å². The fourth-order valence-electron chi connectivity index (χ4n) is 12.5. The summed E-state index contributed by atoms with van der Waals surface area (Å²) in [5.74, 6) is -5.86. The fourth-order valence-corrected chi connectivity index (χ4v) is 48.5. The van der Waals surface area contributed by atoms with Crippen LogP contribution < -0.4 is 20.4 Å². The predicted molar refractivity (Wildman–Crippen MR) is 425 cm³/mol. The third kappa shape index (κ3) is 88.8. The van der Waals surface area contributed by atoms with Crippen molar-refractivity contribution in [2.24, 2.45) is 0 Å². The van der Waals surface area contributed by atoms with E-state index in [0.29, 0.717) is 25.0 Å². The van der Waals surface area contributed by atoms with Crippen LogP contribution in [-0.4, -0.2) is 103 Å². The van der Waals surface area contributed by atoms with E-state index in [1.807, 2.05) is 0 Å². The summed E-state index contributed by atoms with van der Waals surface area (Å²) in [6.45, 7) is 28.0. The van der Waals surface area contributed by atoms with E-state index in [4.69, 9.17) is 0 Å². The van der Waals surface area contributed by atoms with Crippen LogP contribution >= 0.6 is 0 Å². The largest absolute Gasteiger partial charge is 0.545 e. The molecule has 0 aromatic carbocycles. The summed E-state index contributed by atoms with van der Waals surface area (Å²) in [5, 5.41) is 39.6. The van der Waals surface area contributed by atoms with Gasteiger partial charge >= 0.3 is 524 Å². The molecule has 0 radical (unpaired) electrons. The minimum absolute atomic E-state index is 0.0961. The van der Waals surface area contributed by atoms with E-state index in [9.17, 15) is 39.6 Å². The molecule has 0 aromatic rings. The van der Waals surface area contributed by atoms with E-state index < -0.39 is 103 Å². The van der Waals surface area contributed by atoms with E-state index in [-0.39, 0.29) is 24.0 Å². The summed E-state index contributed by atoms with van der Waals surface area (Å²) >= 11 is -3.71.